The number of ether oxygens (including phenoxy) is 1. The van der Waals surface area contributed by atoms with Crippen LogP contribution < -0.4 is 4.74 Å². The number of phenols is 3. The van der Waals surface area contributed by atoms with Crippen LogP contribution in [0.1, 0.15) is 19.4 Å². The molecule has 0 aliphatic carbocycles. The van der Waals surface area contributed by atoms with Crippen LogP contribution in [0, 0.1) is 0 Å². The highest BCUT2D eigenvalue weighted by atomic mass is 16.5. The van der Waals surface area contributed by atoms with Gasteiger partial charge in [0.25, 0.3) is 0 Å². The summed E-state index contributed by atoms with van der Waals surface area (Å²) in [5, 5.41) is 31.1. The second kappa shape index (κ2) is 5.19. The normalized spacial score (nSPS) is 10.2. The van der Waals surface area contributed by atoms with Crippen molar-refractivity contribution in [3.63, 3.8) is 0 Å². The summed E-state index contributed by atoms with van der Waals surface area (Å²) < 4.78 is 5.07. The van der Waals surface area contributed by atoms with E-state index in [1.165, 1.54) is 13.2 Å². The number of allylic oxidation sites excluding steroid dienone is 1. The van der Waals surface area contributed by atoms with Crippen molar-refractivity contribution in [3.05, 3.63) is 35.1 Å². The number of aromatic hydroxyl groups is 3. The second-order valence-corrected chi connectivity index (χ2v) is 4.66. The quantitative estimate of drug-likeness (QED) is 0.444. The van der Waals surface area contributed by atoms with E-state index >= 15 is 0 Å². The monoisotopic (exact) mass is 272 g/mol. The molecule has 0 aromatic heterocycles. The maximum absolute atomic E-state index is 10.2. The Hall–Kier alpha value is -2.58. The lowest BCUT2D eigenvalue weighted by Gasteiger charge is -2.11. The predicted octanol–water partition coefficient (Wildman–Crippen LogP) is 3.54. The average Bonchev–Trinajstić information content (AvgIpc) is 2.44. The average molecular weight is 272 g/mol. The lowest BCUT2D eigenvalue weighted by atomic mass is 10.0. The van der Waals surface area contributed by atoms with Gasteiger partial charge in [-0.3, -0.25) is 0 Å². The van der Waals surface area contributed by atoms with Gasteiger partial charge in [-0.05, 0) is 43.7 Å². The van der Waals surface area contributed by atoms with Crippen LogP contribution in [-0.2, 0) is 0 Å². The van der Waals surface area contributed by atoms with Crippen LogP contribution in [-0.4, -0.2) is 22.4 Å². The molecular formula is C16H16O4. The summed E-state index contributed by atoms with van der Waals surface area (Å²) in [6, 6.07) is 4.86. The minimum absolute atomic E-state index is 0.105. The summed E-state index contributed by atoms with van der Waals surface area (Å²) in [7, 11) is 1.50. The number of hydrogen-bond acceptors (Lipinski definition) is 4. The molecule has 0 heterocycles. The highest BCUT2D eigenvalue weighted by molar-refractivity contribution is 5.99. The number of methoxy groups -OCH3 is 1. The van der Waals surface area contributed by atoms with Gasteiger partial charge in [-0.1, -0.05) is 0 Å². The molecule has 2 rings (SSSR count). The predicted molar refractivity (Wildman–Crippen MR) is 78.3 cm³/mol. The second-order valence-electron chi connectivity index (χ2n) is 4.66. The summed E-state index contributed by atoms with van der Waals surface area (Å²) in [5.74, 6) is -0.249. The SMILES string of the molecule is COc1ccc2c(O)c(C=C=C(C)C)c(O)c(O)c2c1. The van der Waals surface area contributed by atoms with Gasteiger partial charge in [-0.25, -0.2) is 0 Å². The van der Waals surface area contributed by atoms with Gasteiger partial charge < -0.3 is 20.1 Å². The largest absolute Gasteiger partial charge is 0.507 e. The van der Waals surface area contributed by atoms with Crippen molar-refractivity contribution >= 4 is 16.8 Å². The Morgan fingerprint density at radius 2 is 1.75 bits per heavy atom. The van der Waals surface area contributed by atoms with E-state index in [-0.39, 0.29) is 22.8 Å². The van der Waals surface area contributed by atoms with Crippen LogP contribution in [0.15, 0.2) is 29.5 Å². The Kier molecular flexibility index (Phi) is 3.59. The summed E-state index contributed by atoms with van der Waals surface area (Å²) in [5.41, 5.74) is 3.92. The molecule has 0 spiro atoms. The molecule has 0 radical (unpaired) electrons. The van der Waals surface area contributed by atoms with E-state index < -0.39 is 0 Å². The van der Waals surface area contributed by atoms with Crippen molar-refractivity contribution in [1.82, 2.24) is 0 Å². The molecular weight excluding hydrogens is 256 g/mol. The summed E-state index contributed by atoms with van der Waals surface area (Å²) in [6.07, 6.45) is 1.45. The van der Waals surface area contributed by atoms with Crippen molar-refractivity contribution in [2.75, 3.05) is 7.11 Å². The number of hydrogen-bond donors (Lipinski definition) is 3. The molecule has 0 bridgehead atoms. The first kappa shape index (κ1) is 13.8. The van der Waals surface area contributed by atoms with Crippen LogP contribution in [0.5, 0.6) is 23.0 Å². The standard InChI is InChI=1S/C16H16O4/c1-9(2)4-6-12-14(17)11-7-5-10(20-3)8-13(11)16(19)15(12)18/h5-8,17-19H,1-3H3. The minimum Gasteiger partial charge on any atom is -0.507 e. The molecule has 0 amide bonds. The van der Waals surface area contributed by atoms with Crippen LogP contribution in [0.2, 0.25) is 0 Å². The van der Waals surface area contributed by atoms with Crippen LogP contribution in [0.4, 0.5) is 0 Å². The third-order valence-electron chi connectivity index (χ3n) is 2.98. The lowest BCUT2D eigenvalue weighted by molar-refractivity contribution is 0.399. The summed E-state index contributed by atoms with van der Waals surface area (Å²) in [4.78, 5) is 0. The lowest BCUT2D eigenvalue weighted by Crippen LogP contribution is -1.86. The van der Waals surface area contributed by atoms with E-state index in [1.54, 1.807) is 18.2 Å². The maximum atomic E-state index is 10.2. The van der Waals surface area contributed by atoms with Crippen molar-refractivity contribution in [3.8, 4) is 23.0 Å². The van der Waals surface area contributed by atoms with Gasteiger partial charge in [0.1, 0.15) is 11.5 Å². The van der Waals surface area contributed by atoms with Crippen LogP contribution in [0.25, 0.3) is 16.8 Å². The van der Waals surface area contributed by atoms with E-state index in [4.69, 9.17) is 4.74 Å². The van der Waals surface area contributed by atoms with Crippen LogP contribution >= 0.6 is 0 Å². The molecule has 104 valence electrons. The smallest absolute Gasteiger partial charge is 0.169 e. The van der Waals surface area contributed by atoms with E-state index in [0.717, 1.165) is 5.57 Å². The Balaban J connectivity index is 2.84. The zero-order valence-electron chi connectivity index (χ0n) is 11.6. The molecule has 20 heavy (non-hydrogen) atoms. The Morgan fingerprint density at radius 3 is 2.35 bits per heavy atom. The molecule has 4 nitrogen and oxygen atoms in total. The van der Waals surface area contributed by atoms with E-state index in [9.17, 15) is 15.3 Å². The van der Waals surface area contributed by atoms with Gasteiger partial charge in [0.2, 0.25) is 0 Å². The van der Waals surface area contributed by atoms with Crippen molar-refractivity contribution in [2.24, 2.45) is 0 Å². The zero-order valence-corrected chi connectivity index (χ0v) is 11.6. The molecule has 0 saturated heterocycles. The molecule has 4 heteroatoms. The fraction of sp³-hybridized carbons (Fsp3) is 0.188. The third kappa shape index (κ3) is 2.29. The zero-order chi connectivity index (χ0) is 14.9. The minimum atomic E-state index is -0.378. The molecule has 0 aliphatic rings. The molecule has 0 saturated carbocycles. The Bertz CT molecular complexity index is 734. The van der Waals surface area contributed by atoms with Gasteiger partial charge in [-0.2, -0.15) is 0 Å². The number of benzene rings is 2. The van der Waals surface area contributed by atoms with E-state index in [0.29, 0.717) is 16.5 Å². The highest BCUT2D eigenvalue weighted by Gasteiger charge is 2.17. The maximum Gasteiger partial charge on any atom is 0.169 e. The van der Waals surface area contributed by atoms with Gasteiger partial charge >= 0.3 is 0 Å². The topological polar surface area (TPSA) is 69.9 Å². The van der Waals surface area contributed by atoms with Crippen molar-refractivity contribution < 1.29 is 20.1 Å². The third-order valence-corrected chi connectivity index (χ3v) is 2.98. The molecule has 0 atom stereocenters. The Morgan fingerprint density at radius 1 is 1.05 bits per heavy atom. The first-order chi connectivity index (χ1) is 9.45. The van der Waals surface area contributed by atoms with Gasteiger partial charge in [0.05, 0.1) is 12.7 Å². The van der Waals surface area contributed by atoms with E-state index in [2.05, 4.69) is 5.73 Å². The Labute approximate surface area is 116 Å². The van der Waals surface area contributed by atoms with Gasteiger partial charge in [0.15, 0.2) is 11.5 Å². The highest BCUT2D eigenvalue weighted by Crippen LogP contribution is 2.45. The number of rotatable bonds is 2. The fourth-order valence-electron chi connectivity index (χ4n) is 1.92. The van der Waals surface area contributed by atoms with E-state index in [1.807, 2.05) is 13.8 Å². The molecule has 3 N–H and O–H groups in total. The first-order valence-electron chi connectivity index (χ1n) is 6.10. The summed E-state index contributed by atoms with van der Waals surface area (Å²) >= 11 is 0. The molecule has 2 aromatic rings. The van der Waals surface area contributed by atoms with Gasteiger partial charge in [-0.15, -0.1) is 5.73 Å². The number of fused-ring (bicyclic) bond motifs is 1. The van der Waals surface area contributed by atoms with Crippen LogP contribution in [0.3, 0.4) is 0 Å². The molecule has 2 aromatic carbocycles. The fourth-order valence-corrected chi connectivity index (χ4v) is 1.92. The molecule has 0 unspecified atom stereocenters. The molecule has 0 fully saturated rings. The summed E-state index contributed by atoms with van der Waals surface area (Å²) in [6.45, 7) is 3.69. The van der Waals surface area contributed by atoms with Crippen molar-refractivity contribution in [1.29, 1.82) is 0 Å². The number of phenolic OH excluding ortho intramolecular Hbond substituents is 3. The van der Waals surface area contributed by atoms with Gasteiger partial charge in [0, 0.05) is 10.8 Å². The molecule has 0 aliphatic heterocycles. The van der Waals surface area contributed by atoms with Crippen molar-refractivity contribution in [2.45, 2.75) is 13.8 Å². The first-order valence-corrected chi connectivity index (χ1v) is 6.10.